The SMILES string of the molecule is CC(C)Oc1ccc2ccccc2c1CNC(C)(C)CC(C)(C)C. The summed E-state index contributed by atoms with van der Waals surface area (Å²) >= 11 is 0. The van der Waals surface area contributed by atoms with Crippen molar-refractivity contribution in [2.75, 3.05) is 0 Å². The van der Waals surface area contributed by atoms with Crippen molar-refractivity contribution in [3.8, 4) is 5.75 Å². The van der Waals surface area contributed by atoms with Crippen molar-refractivity contribution in [3.63, 3.8) is 0 Å². The number of rotatable bonds is 6. The van der Waals surface area contributed by atoms with Crippen molar-refractivity contribution in [2.45, 2.75) is 73.1 Å². The van der Waals surface area contributed by atoms with Gasteiger partial charge in [-0.1, -0.05) is 51.1 Å². The molecule has 0 aromatic heterocycles. The van der Waals surface area contributed by atoms with Crippen LogP contribution in [0.4, 0.5) is 0 Å². The summed E-state index contributed by atoms with van der Waals surface area (Å²) in [5, 5.41) is 6.29. The van der Waals surface area contributed by atoms with E-state index in [4.69, 9.17) is 4.74 Å². The number of benzene rings is 2. The minimum Gasteiger partial charge on any atom is -0.491 e. The summed E-state index contributed by atoms with van der Waals surface area (Å²) in [6.07, 6.45) is 1.29. The molecule has 1 N–H and O–H groups in total. The Hall–Kier alpha value is -1.54. The van der Waals surface area contributed by atoms with E-state index in [0.29, 0.717) is 5.41 Å². The molecule has 2 rings (SSSR count). The third kappa shape index (κ3) is 5.24. The second kappa shape index (κ2) is 7.14. The molecule has 0 aliphatic heterocycles. The van der Waals surface area contributed by atoms with Gasteiger partial charge in [-0.25, -0.2) is 0 Å². The molecule has 0 saturated heterocycles. The molecule has 0 spiro atoms. The van der Waals surface area contributed by atoms with E-state index in [-0.39, 0.29) is 11.6 Å². The molecular weight excluding hydrogens is 294 g/mol. The van der Waals surface area contributed by atoms with Crippen LogP contribution in [0.25, 0.3) is 10.8 Å². The molecule has 0 bridgehead atoms. The Labute approximate surface area is 147 Å². The molecule has 24 heavy (non-hydrogen) atoms. The molecule has 0 heterocycles. The second-order valence-corrected chi connectivity index (χ2v) is 8.90. The van der Waals surface area contributed by atoms with Gasteiger partial charge in [0.15, 0.2) is 0 Å². The van der Waals surface area contributed by atoms with Crippen molar-refractivity contribution in [2.24, 2.45) is 5.41 Å². The fourth-order valence-corrected chi connectivity index (χ4v) is 3.58. The predicted molar refractivity (Wildman–Crippen MR) is 105 cm³/mol. The molecule has 132 valence electrons. The zero-order chi connectivity index (χ0) is 18.0. The second-order valence-electron chi connectivity index (χ2n) is 8.90. The van der Waals surface area contributed by atoms with Gasteiger partial charge in [0.2, 0.25) is 0 Å². The molecule has 2 nitrogen and oxygen atoms in total. The largest absolute Gasteiger partial charge is 0.491 e. The lowest BCUT2D eigenvalue weighted by atomic mass is 9.81. The minimum atomic E-state index is 0.0737. The fourth-order valence-electron chi connectivity index (χ4n) is 3.58. The van der Waals surface area contributed by atoms with Crippen LogP contribution in [0.5, 0.6) is 5.75 Å². The van der Waals surface area contributed by atoms with E-state index < -0.39 is 0 Å². The average Bonchev–Trinajstić information content (AvgIpc) is 2.42. The van der Waals surface area contributed by atoms with Gasteiger partial charge in [-0.3, -0.25) is 0 Å². The summed E-state index contributed by atoms with van der Waals surface area (Å²) in [5.41, 5.74) is 1.63. The van der Waals surface area contributed by atoms with Crippen LogP contribution in [0.3, 0.4) is 0 Å². The van der Waals surface area contributed by atoms with Gasteiger partial charge in [0.1, 0.15) is 5.75 Å². The Kier molecular flexibility index (Phi) is 5.59. The van der Waals surface area contributed by atoms with Gasteiger partial charge in [-0.05, 0) is 56.4 Å². The van der Waals surface area contributed by atoms with Crippen LogP contribution in [0.15, 0.2) is 36.4 Å². The maximum atomic E-state index is 6.08. The van der Waals surface area contributed by atoms with E-state index in [0.717, 1.165) is 18.7 Å². The number of hydrogen-bond acceptors (Lipinski definition) is 2. The highest BCUT2D eigenvalue weighted by molar-refractivity contribution is 5.87. The number of hydrogen-bond donors (Lipinski definition) is 1. The summed E-state index contributed by atoms with van der Waals surface area (Å²) in [6, 6.07) is 12.8. The summed E-state index contributed by atoms with van der Waals surface area (Å²) in [4.78, 5) is 0. The van der Waals surface area contributed by atoms with Gasteiger partial charge in [-0.2, -0.15) is 0 Å². The molecule has 0 fully saturated rings. The van der Waals surface area contributed by atoms with Crippen molar-refractivity contribution in [3.05, 3.63) is 42.0 Å². The Bertz CT molecular complexity index is 680. The van der Waals surface area contributed by atoms with Crippen LogP contribution in [0.2, 0.25) is 0 Å². The molecule has 0 aliphatic carbocycles. The Balaban J connectivity index is 2.31. The summed E-state index contributed by atoms with van der Waals surface area (Å²) < 4.78 is 6.08. The number of fused-ring (bicyclic) bond motifs is 1. The van der Waals surface area contributed by atoms with E-state index in [9.17, 15) is 0 Å². The van der Waals surface area contributed by atoms with E-state index in [1.807, 2.05) is 0 Å². The molecule has 2 aromatic rings. The summed E-state index contributed by atoms with van der Waals surface area (Å²) in [5.74, 6) is 0.989. The van der Waals surface area contributed by atoms with E-state index >= 15 is 0 Å². The predicted octanol–water partition coefficient (Wildman–Crippen LogP) is 5.93. The highest BCUT2D eigenvalue weighted by atomic mass is 16.5. The lowest BCUT2D eigenvalue weighted by Crippen LogP contribution is -2.42. The van der Waals surface area contributed by atoms with E-state index in [1.54, 1.807) is 0 Å². The zero-order valence-electron chi connectivity index (χ0n) is 16.4. The summed E-state index contributed by atoms with van der Waals surface area (Å²) in [6.45, 7) is 16.4. The standard InChI is InChI=1S/C22H33NO/c1-16(2)24-20-13-12-17-10-8-9-11-18(17)19(20)14-23-22(6,7)15-21(3,4)5/h8-13,16,23H,14-15H2,1-7H3. The van der Waals surface area contributed by atoms with Gasteiger partial charge in [0, 0.05) is 17.6 Å². The highest BCUT2D eigenvalue weighted by Gasteiger charge is 2.25. The number of ether oxygens (including phenoxy) is 1. The molecule has 0 atom stereocenters. The first-order valence-corrected chi connectivity index (χ1v) is 9.00. The number of nitrogens with one attached hydrogen (secondary N) is 1. The normalized spacial score (nSPS) is 12.8. The molecular formula is C22H33NO. The molecule has 0 aliphatic rings. The third-order valence-corrected chi connectivity index (χ3v) is 4.08. The third-order valence-electron chi connectivity index (χ3n) is 4.08. The van der Waals surface area contributed by atoms with E-state index in [1.165, 1.54) is 16.3 Å². The van der Waals surface area contributed by atoms with E-state index in [2.05, 4.69) is 90.2 Å². The van der Waals surface area contributed by atoms with Crippen molar-refractivity contribution >= 4 is 10.8 Å². The van der Waals surface area contributed by atoms with Crippen LogP contribution in [-0.4, -0.2) is 11.6 Å². The highest BCUT2D eigenvalue weighted by Crippen LogP contribution is 2.31. The maximum Gasteiger partial charge on any atom is 0.124 e. The quantitative estimate of drug-likeness (QED) is 0.710. The van der Waals surface area contributed by atoms with Gasteiger partial charge < -0.3 is 10.1 Å². The molecule has 0 amide bonds. The fraction of sp³-hybridized carbons (Fsp3) is 0.545. The van der Waals surface area contributed by atoms with Crippen LogP contribution in [-0.2, 0) is 6.54 Å². The first kappa shape index (κ1) is 18.8. The zero-order valence-corrected chi connectivity index (χ0v) is 16.4. The first-order valence-electron chi connectivity index (χ1n) is 9.00. The molecule has 0 radical (unpaired) electrons. The van der Waals surface area contributed by atoms with Crippen molar-refractivity contribution < 1.29 is 4.74 Å². The monoisotopic (exact) mass is 327 g/mol. The van der Waals surface area contributed by atoms with Crippen LogP contribution >= 0.6 is 0 Å². The Morgan fingerprint density at radius 3 is 2.25 bits per heavy atom. The van der Waals surface area contributed by atoms with Crippen molar-refractivity contribution in [1.29, 1.82) is 0 Å². The molecule has 2 heteroatoms. The summed E-state index contributed by atoms with van der Waals surface area (Å²) in [7, 11) is 0. The lowest BCUT2D eigenvalue weighted by Gasteiger charge is -2.34. The minimum absolute atomic E-state index is 0.0737. The average molecular weight is 328 g/mol. The van der Waals surface area contributed by atoms with Crippen LogP contribution in [0, 0.1) is 5.41 Å². The Morgan fingerprint density at radius 1 is 0.958 bits per heavy atom. The van der Waals surface area contributed by atoms with Crippen LogP contribution < -0.4 is 10.1 Å². The smallest absolute Gasteiger partial charge is 0.124 e. The van der Waals surface area contributed by atoms with Gasteiger partial charge in [0.25, 0.3) is 0 Å². The lowest BCUT2D eigenvalue weighted by molar-refractivity contribution is 0.230. The first-order chi connectivity index (χ1) is 11.1. The molecule has 0 unspecified atom stereocenters. The van der Waals surface area contributed by atoms with Gasteiger partial charge in [0.05, 0.1) is 6.10 Å². The van der Waals surface area contributed by atoms with Crippen molar-refractivity contribution in [1.82, 2.24) is 5.32 Å². The van der Waals surface area contributed by atoms with Gasteiger partial charge in [-0.15, -0.1) is 0 Å². The Morgan fingerprint density at radius 2 is 1.62 bits per heavy atom. The topological polar surface area (TPSA) is 21.3 Å². The molecule has 0 saturated carbocycles. The van der Waals surface area contributed by atoms with Gasteiger partial charge >= 0.3 is 0 Å². The maximum absolute atomic E-state index is 6.08. The molecule has 2 aromatic carbocycles. The van der Waals surface area contributed by atoms with Crippen LogP contribution in [0.1, 0.15) is 60.5 Å².